The van der Waals surface area contributed by atoms with E-state index in [0.29, 0.717) is 5.69 Å². The van der Waals surface area contributed by atoms with E-state index in [0.717, 1.165) is 0 Å². The van der Waals surface area contributed by atoms with Gasteiger partial charge in [0.05, 0.1) is 17.6 Å². The van der Waals surface area contributed by atoms with E-state index in [4.69, 9.17) is 11.6 Å². The van der Waals surface area contributed by atoms with Crippen LogP contribution < -0.4 is 10.9 Å². The van der Waals surface area contributed by atoms with Crippen LogP contribution in [0.4, 0.5) is 5.69 Å². The maximum absolute atomic E-state index is 12.3. The number of rotatable bonds is 5. The second-order valence-electron chi connectivity index (χ2n) is 5.13. The largest absolute Gasteiger partial charge is 0.480 e. The van der Waals surface area contributed by atoms with Gasteiger partial charge in [-0.25, -0.2) is 4.79 Å². The first-order valence-corrected chi connectivity index (χ1v) is 7.12. The quantitative estimate of drug-likeness (QED) is 0.883. The molecule has 0 unspecified atom stereocenters. The summed E-state index contributed by atoms with van der Waals surface area (Å²) in [6.07, 6.45) is 1.36. The summed E-state index contributed by atoms with van der Waals surface area (Å²) in [7, 11) is 0. The molecule has 0 aliphatic heterocycles. The van der Waals surface area contributed by atoms with Crippen LogP contribution >= 0.6 is 11.6 Å². The lowest BCUT2D eigenvalue weighted by atomic mass is 10.0. The maximum Gasteiger partial charge on any atom is 0.326 e. The van der Waals surface area contributed by atoms with Gasteiger partial charge in [0.15, 0.2) is 0 Å². The van der Waals surface area contributed by atoms with Crippen molar-refractivity contribution >= 4 is 23.3 Å². The SMILES string of the molecule is CC(C)[C@H](Nc1cnn(-c2ccccc2)c(=O)c1Cl)C(=O)O. The lowest BCUT2D eigenvalue weighted by molar-refractivity contribution is -0.138. The number of halogens is 1. The van der Waals surface area contributed by atoms with Crippen molar-refractivity contribution in [2.45, 2.75) is 19.9 Å². The van der Waals surface area contributed by atoms with Gasteiger partial charge in [-0.2, -0.15) is 9.78 Å². The first kappa shape index (κ1) is 16.0. The number of hydrogen-bond acceptors (Lipinski definition) is 4. The van der Waals surface area contributed by atoms with Crippen LogP contribution in [0.25, 0.3) is 5.69 Å². The Morgan fingerprint density at radius 3 is 2.50 bits per heavy atom. The van der Waals surface area contributed by atoms with Crippen molar-refractivity contribution in [1.29, 1.82) is 0 Å². The molecule has 2 N–H and O–H groups in total. The molecule has 0 amide bonds. The molecule has 1 aromatic heterocycles. The number of carbonyl (C=O) groups is 1. The molecule has 22 heavy (non-hydrogen) atoms. The van der Waals surface area contributed by atoms with E-state index in [2.05, 4.69) is 10.4 Å². The molecule has 0 saturated heterocycles. The topological polar surface area (TPSA) is 84.2 Å². The summed E-state index contributed by atoms with van der Waals surface area (Å²) >= 11 is 6.07. The highest BCUT2D eigenvalue weighted by atomic mass is 35.5. The fourth-order valence-electron chi connectivity index (χ4n) is 1.97. The van der Waals surface area contributed by atoms with Crippen molar-refractivity contribution < 1.29 is 9.90 Å². The van der Waals surface area contributed by atoms with Gasteiger partial charge in [0, 0.05) is 0 Å². The van der Waals surface area contributed by atoms with Gasteiger partial charge < -0.3 is 10.4 Å². The minimum Gasteiger partial charge on any atom is -0.480 e. The number of nitrogens with zero attached hydrogens (tertiary/aromatic N) is 2. The minimum atomic E-state index is -1.02. The number of hydrogen-bond donors (Lipinski definition) is 2. The Balaban J connectivity index is 2.39. The molecule has 1 atom stereocenters. The molecule has 0 aliphatic carbocycles. The molecule has 116 valence electrons. The van der Waals surface area contributed by atoms with Gasteiger partial charge in [-0.05, 0) is 18.1 Å². The molecule has 1 aromatic carbocycles. The summed E-state index contributed by atoms with van der Waals surface area (Å²) in [6.45, 7) is 3.52. The summed E-state index contributed by atoms with van der Waals surface area (Å²) in [6, 6.07) is 7.99. The van der Waals surface area contributed by atoms with Crippen molar-refractivity contribution in [3.8, 4) is 5.69 Å². The van der Waals surface area contributed by atoms with Crippen molar-refractivity contribution in [2.24, 2.45) is 5.92 Å². The van der Waals surface area contributed by atoms with Gasteiger partial charge in [0.1, 0.15) is 11.1 Å². The number of para-hydroxylation sites is 1. The van der Waals surface area contributed by atoms with Crippen molar-refractivity contribution in [2.75, 3.05) is 5.32 Å². The Morgan fingerprint density at radius 1 is 1.32 bits per heavy atom. The van der Waals surface area contributed by atoms with E-state index < -0.39 is 17.6 Å². The highest BCUT2D eigenvalue weighted by molar-refractivity contribution is 6.33. The van der Waals surface area contributed by atoms with Crippen LogP contribution in [0.2, 0.25) is 5.02 Å². The van der Waals surface area contributed by atoms with Crippen LogP contribution in [0.1, 0.15) is 13.8 Å². The van der Waals surface area contributed by atoms with Gasteiger partial charge in [0.2, 0.25) is 0 Å². The predicted molar refractivity (Wildman–Crippen MR) is 84.7 cm³/mol. The zero-order valence-corrected chi connectivity index (χ0v) is 12.9. The lowest BCUT2D eigenvalue weighted by Gasteiger charge is -2.19. The number of aromatic nitrogens is 2. The lowest BCUT2D eigenvalue weighted by Crippen LogP contribution is -2.35. The molecule has 2 aromatic rings. The summed E-state index contributed by atoms with van der Waals surface area (Å²) < 4.78 is 1.17. The molecule has 0 fully saturated rings. The summed E-state index contributed by atoms with van der Waals surface area (Å²) in [5.74, 6) is -1.19. The number of benzene rings is 1. The van der Waals surface area contributed by atoms with Crippen LogP contribution in [-0.4, -0.2) is 26.9 Å². The second-order valence-corrected chi connectivity index (χ2v) is 5.51. The number of carboxylic acids is 1. The molecular weight excluding hydrogens is 306 g/mol. The third-order valence-corrected chi connectivity index (χ3v) is 3.53. The zero-order chi connectivity index (χ0) is 16.3. The summed E-state index contributed by atoms with van der Waals surface area (Å²) in [5, 5.41) is 15.9. The summed E-state index contributed by atoms with van der Waals surface area (Å²) in [5.41, 5.74) is 0.283. The fourth-order valence-corrected chi connectivity index (χ4v) is 2.15. The minimum absolute atomic E-state index is 0.0919. The zero-order valence-electron chi connectivity index (χ0n) is 12.2. The number of anilines is 1. The molecular formula is C15H16ClN3O3. The van der Waals surface area contributed by atoms with Crippen LogP contribution in [0.15, 0.2) is 41.3 Å². The molecule has 2 rings (SSSR count). The summed E-state index contributed by atoms with van der Waals surface area (Å²) in [4.78, 5) is 23.5. The monoisotopic (exact) mass is 321 g/mol. The van der Waals surface area contributed by atoms with Crippen LogP contribution in [0, 0.1) is 5.92 Å². The Labute approximate surface area is 132 Å². The first-order valence-electron chi connectivity index (χ1n) is 6.74. The molecule has 1 heterocycles. The highest BCUT2D eigenvalue weighted by Gasteiger charge is 2.23. The van der Waals surface area contributed by atoms with Gasteiger partial charge in [-0.3, -0.25) is 4.79 Å². The number of aliphatic carboxylic acids is 1. The molecule has 0 bridgehead atoms. The molecule has 0 saturated carbocycles. The van der Waals surface area contributed by atoms with Crippen LogP contribution in [-0.2, 0) is 4.79 Å². The van der Waals surface area contributed by atoms with E-state index in [1.54, 1.807) is 38.1 Å². The predicted octanol–water partition coefficient (Wildman–Crippen LogP) is 2.41. The second kappa shape index (κ2) is 6.62. The first-order chi connectivity index (χ1) is 10.4. The van der Waals surface area contributed by atoms with E-state index in [1.807, 2.05) is 6.07 Å². The van der Waals surface area contributed by atoms with E-state index in [9.17, 15) is 14.7 Å². The van der Waals surface area contributed by atoms with Gasteiger partial charge in [-0.15, -0.1) is 0 Å². The maximum atomic E-state index is 12.3. The van der Waals surface area contributed by atoms with Crippen molar-refractivity contribution in [1.82, 2.24) is 9.78 Å². The molecule has 0 spiro atoms. The number of nitrogens with one attached hydrogen (secondary N) is 1. The third-order valence-electron chi connectivity index (χ3n) is 3.16. The average molecular weight is 322 g/mol. The van der Waals surface area contributed by atoms with Crippen molar-refractivity contribution in [3.63, 3.8) is 0 Å². The molecule has 0 aliphatic rings. The number of carboxylic acid groups (broad SMARTS) is 1. The third kappa shape index (κ3) is 3.28. The standard InChI is InChI=1S/C15H16ClN3O3/c1-9(2)13(15(21)22)18-11-8-17-19(14(20)12(11)16)10-6-4-3-5-7-10/h3-9,13,18H,1-2H3,(H,21,22)/t13-/m0/s1. The van der Waals surface area contributed by atoms with E-state index >= 15 is 0 Å². The Kier molecular flexibility index (Phi) is 4.82. The van der Waals surface area contributed by atoms with E-state index in [-0.39, 0.29) is 16.6 Å². The molecule has 0 radical (unpaired) electrons. The van der Waals surface area contributed by atoms with Crippen LogP contribution in [0.5, 0.6) is 0 Å². The average Bonchev–Trinajstić information content (AvgIpc) is 2.49. The normalized spacial score (nSPS) is 12.2. The van der Waals surface area contributed by atoms with Gasteiger partial charge >= 0.3 is 5.97 Å². The van der Waals surface area contributed by atoms with Gasteiger partial charge in [-0.1, -0.05) is 43.6 Å². The molecule has 7 heteroatoms. The Hall–Kier alpha value is -2.34. The Morgan fingerprint density at radius 2 is 1.95 bits per heavy atom. The highest BCUT2D eigenvalue weighted by Crippen LogP contribution is 2.19. The van der Waals surface area contributed by atoms with E-state index in [1.165, 1.54) is 10.9 Å². The van der Waals surface area contributed by atoms with Gasteiger partial charge in [0.25, 0.3) is 5.56 Å². The Bertz CT molecular complexity index is 729. The molecule has 6 nitrogen and oxygen atoms in total. The van der Waals surface area contributed by atoms with Crippen LogP contribution in [0.3, 0.4) is 0 Å². The fraction of sp³-hybridized carbons (Fsp3) is 0.267. The van der Waals surface area contributed by atoms with Crippen molar-refractivity contribution in [3.05, 3.63) is 51.9 Å². The smallest absolute Gasteiger partial charge is 0.326 e.